The molecule has 0 radical (unpaired) electrons. The highest BCUT2D eigenvalue weighted by atomic mass is 16.8. The van der Waals surface area contributed by atoms with Crippen molar-refractivity contribution in [2.45, 2.75) is 19.8 Å². The molecule has 0 fully saturated rings. The van der Waals surface area contributed by atoms with Gasteiger partial charge in [0.25, 0.3) is 11.0 Å². The van der Waals surface area contributed by atoms with Gasteiger partial charge in [0.05, 0.1) is 18.9 Å². The number of aromatic nitrogens is 2. The Morgan fingerprint density at radius 1 is 1.35 bits per heavy atom. The number of rotatable bonds is 1. The smallest absolute Gasteiger partial charge is 0.271 e. The topological polar surface area (TPSA) is 101 Å². The molecule has 0 unspecified atom stereocenters. The van der Waals surface area contributed by atoms with E-state index in [4.69, 9.17) is 9.47 Å². The Labute approximate surface area is 113 Å². The van der Waals surface area contributed by atoms with E-state index in [-0.39, 0.29) is 22.1 Å². The molecule has 1 aliphatic rings. The number of hydrogen-bond donors (Lipinski definition) is 1. The summed E-state index contributed by atoms with van der Waals surface area (Å²) in [5.41, 5.74) is 0.874. The second-order valence-corrected chi connectivity index (χ2v) is 4.47. The lowest BCUT2D eigenvalue weighted by Crippen LogP contribution is -2.24. The first kappa shape index (κ1) is 12.5. The minimum Gasteiger partial charge on any atom is -0.487 e. The lowest BCUT2D eigenvalue weighted by molar-refractivity contribution is -0.782. The Balaban J connectivity index is 2.22. The van der Waals surface area contributed by atoms with Crippen LogP contribution in [0.25, 0.3) is 11.0 Å². The summed E-state index contributed by atoms with van der Waals surface area (Å²) in [6, 6.07) is 1.53. The van der Waals surface area contributed by atoms with Crippen LogP contribution < -0.4 is 19.7 Å². The van der Waals surface area contributed by atoms with Gasteiger partial charge in [-0.2, -0.15) is 0 Å². The summed E-state index contributed by atoms with van der Waals surface area (Å²) in [6.45, 7) is 2.33. The third-order valence-corrected chi connectivity index (χ3v) is 2.93. The Morgan fingerprint density at radius 3 is 2.75 bits per heavy atom. The zero-order valence-corrected chi connectivity index (χ0v) is 10.8. The molecule has 0 bridgehead atoms. The Morgan fingerprint density at radius 2 is 2.05 bits per heavy atom. The Hall–Kier alpha value is -2.51. The van der Waals surface area contributed by atoms with E-state index in [2.05, 4.69) is 15.1 Å². The molecular formula is C12H13N3O5. The van der Waals surface area contributed by atoms with E-state index in [1.54, 1.807) is 0 Å². The molecule has 20 heavy (non-hydrogen) atoms. The average molecular weight is 279 g/mol. The van der Waals surface area contributed by atoms with Crippen molar-refractivity contribution < 1.29 is 23.8 Å². The molecular weight excluding hydrogens is 266 g/mol. The lowest BCUT2D eigenvalue weighted by Gasteiger charge is -2.18. The van der Waals surface area contributed by atoms with Crippen LogP contribution >= 0.6 is 0 Å². The highest BCUT2D eigenvalue weighted by molar-refractivity contribution is 5.96. The zero-order chi connectivity index (χ0) is 14.1. The fourth-order valence-corrected chi connectivity index (χ4v) is 2.10. The number of carbonyl (C=O) groups is 1. The molecule has 2 aromatic rings. The molecule has 0 saturated carbocycles. The SMILES string of the molecule is CC(=O)Nc1cc2no[n+]([O-])c2c2c1OCCCCO2. The quantitative estimate of drug-likeness (QED) is 0.781. The van der Waals surface area contributed by atoms with Crippen LogP contribution in [0.4, 0.5) is 5.69 Å². The number of anilines is 1. The molecule has 1 amide bonds. The zero-order valence-electron chi connectivity index (χ0n) is 10.8. The van der Waals surface area contributed by atoms with E-state index >= 15 is 0 Å². The monoisotopic (exact) mass is 279 g/mol. The minimum atomic E-state index is -0.254. The first-order chi connectivity index (χ1) is 9.66. The Bertz CT molecular complexity index is 667. The van der Waals surface area contributed by atoms with Crippen LogP contribution in [0.3, 0.4) is 0 Å². The van der Waals surface area contributed by atoms with Crippen LogP contribution in [0, 0.1) is 5.21 Å². The maximum Gasteiger partial charge on any atom is 0.271 e. The molecule has 1 aromatic heterocycles. The van der Waals surface area contributed by atoms with Crippen molar-refractivity contribution in [1.82, 2.24) is 5.16 Å². The van der Waals surface area contributed by atoms with Crippen LogP contribution in [0.15, 0.2) is 10.7 Å². The highest BCUT2D eigenvalue weighted by Gasteiger charge is 2.26. The fraction of sp³-hybridized carbons (Fsp3) is 0.417. The molecule has 8 nitrogen and oxygen atoms in total. The third kappa shape index (κ3) is 2.09. The van der Waals surface area contributed by atoms with Crippen molar-refractivity contribution in [3.63, 3.8) is 0 Å². The van der Waals surface area contributed by atoms with E-state index in [0.717, 1.165) is 12.8 Å². The number of nitrogens with zero attached hydrogens (tertiary/aromatic N) is 2. The maximum atomic E-state index is 11.6. The summed E-state index contributed by atoms with van der Waals surface area (Å²) in [6.07, 6.45) is 1.65. The number of amides is 1. The molecule has 1 N–H and O–H groups in total. The number of carbonyl (C=O) groups excluding carboxylic acids is 1. The molecule has 1 aromatic carbocycles. The Kier molecular flexibility index (Phi) is 3.05. The normalized spacial score (nSPS) is 14.7. The number of ether oxygens (including phenoxy) is 2. The van der Waals surface area contributed by atoms with E-state index in [0.29, 0.717) is 30.2 Å². The van der Waals surface area contributed by atoms with E-state index in [1.165, 1.54) is 13.0 Å². The van der Waals surface area contributed by atoms with E-state index < -0.39 is 0 Å². The fourth-order valence-electron chi connectivity index (χ4n) is 2.10. The number of fused-ring (bicyclic) bond motifs is 3. The van der Waals surface area contributed by atoms with Crippen molar-refractivity contribution in [3.05, 3.63) is 11.3 Å². The van der Waals surface area contributed by atoms with Gasteiger partial charge in [-0.25, -0.2) is 0 Å². The molecule has 3 rings (SSSR count). The molecule has 8 heteroatoms. The average Bonchev–Trinajstić information content (AvgIpc) is 2.70. The van der Waals surface area contributed by atoms with Gasteiger partial charge in [0.15, 0.2) is 5.75 Å². The summed E-state index contributed by atoms with van der Waals surface area (Å²) in [7, 11) is 0. The lowest BCUT2D eigenvalue weighted by atomic mass is 10.2. The molecule has 1 aliphatic heterocycles. The highest BCUT2D eigenvalue weighted by Crippen LogP contribution is 2.41. The van der Waals surface area contributed by atoms with Gasteiger partial charge < -0.3 is 20.0 Å². The van der Waals surface area contributed by atoms with Crippen LogP contribution in [0.2, 0.25) is 0 Å². The molecule has 0 saturated heterocycles. The molecule has 0 spiro atoms. The predicted octanol–water partition coefficient (Wildman–Crippen LogP) is 0.971. The predicted molar refractivity (Wildman–Crippen MR) is 67.5 cm³/mol. The minimum absolute atomic E-state index is 0.163. The molecule has 106 valence electrons. The molecule has 0 atom stereocenters. The summed E-state index contributed by atoms with van der Waals surface area (Å²) in [5, 5.41) is 17.9. The van der Waals surface area contributed by atoms with Gasteiger partial charge in [0.2, 0.25) is 11.7 Å². The maximum absolute atomic E-state index is 11.6. The van der Waals surface area contributed by atoms with Gasteiger partial charge in [-0.1, -0.05) is 0 Å². The summed E-state index contributed by atoms with van der Waals surface area (Å²) < 4.78 is 15.8. The second kappa shape index (κ2) is 4.87. The van der Waals surface area contributed by atoms with Crippen molar-refractivity contribution in [2.75, 3.05) is 18.5 Å². The van der Waals surface area contributed by atoms with Crippen LogP contribution in [-0.4, -0.2) is 24.3 Å². The number of benzene rings is 1. The van der Waals surface area contributed by atoms with E-state index in [9.17, 15) is 10.0 Å². The molecule has 0 aliphatic carbocycles. The van der Waals surface area contributed by atoms with Crippen molar-refractivity contribution in [2.24, 2.45) is 0 Å². The largest absolute Gasteiger partial charge is 0.487 e. The van der Waals surface area contributed by atoms with Crippen LogP contribution in [0.1, 0.15) is 19.8 Å². The van der Waals surface area contributed by atoms with Gasteiger partial charge in [0.1, 0.15) is 0 Å². The summed E-state index contributed by atoms with van der Waals surface area (Å²) in [5.74, 6) is 0.332. The van der Waals surface area contributed by atoms with Crippen LogP contribution in [-0.2, 0) is 4.79 Å². The van der Waals surface area contributed by atoms with Crippen LogP contribution in [0.5, 0.6) is 11.5 Å². The summed E-state index contributed by atoms with van der Waals surface area (Å²) in [4.78, 5) is 11.6. The van der Waals surface area contributed by atoms with Gasteiger partial charge in [-0.3, -0.25) is 9.42 Å². The second-order valence-electron chi connectivity index (χ2n) is 4.47. The van der Waals surface area contributed by atoms with Gasteiger partial charge in [0, 0.05) is 18.1 Å². The first-order valence-corrected chi connectivity index (χ1v) is 6.26. The van der Waals surface area contributed by atoms with Gasteiger partial charge in [-0.05, 0) is 17.7 Å². The van der Waals surface area contributed by atoms with Gasteiger partial charge in [-0.15, -0.1) is 0 Å². The first-order valence-electron chi connectivity index (χ1n) is 6.26. The van der Waals surface area contributed by atoms with Crippen molar-refractivity contribution in [1.29, 1.82) is 0 Å². The number of nitrogens with one attached hydrogen (secondary N) is 1. The standard InChI is InChI=1S/C12H13N3O5/c1-7(16)13-9-6-8-10(15(17)20-14-8)12-11(9)18-4-2-3-5-19-12/h6H,2-5H2,1H3,(H,13,16). The van der Waals surface area contributed by atoms with E-state index in [1.807, 2.05) is 0 Å². The third-order valence-electron chi connectivity index (χ3n) is 2.93. The number of hydrogen-bond acceptors (Lipinski definition) is 6. The summed E-state index contributed by atoms with van der Waals surface area (Å²) >= 11 is 0. The van der Waals surface area contributed by atoms with Crippen molar-refractivity contribution >= 4 is 22.6 Å². The van der Waals surface area contributed by atoms with Crippen molar-refractivity contribution in [3.8, 4) is 11.5 Å². The van der Waals surface area contributed by atoms with Gasteiger partial charge >= 0.3 is 0 Å². The molecule has 2 heterocycles.